The van der Waals surface area contributed by atoms with E-state index in [2.05, 4.69) is 39.5 Å². The van der Waals surface area contributed by atoms with Gasteiger partial charge in [-0.25, -0.2) is 0 Å². The SMILES string of the molecule is O=C(/C=C/c1cccnc1)NCCCCC1CCN(C(=O)C(c2ccccc2)c2ccccc2)CC1. The zero-order chi connectivity index (χ0) is 25.0. The standard InChI is InChI=1S/C31H35N3O2/c35-29(17-16-26-11-9-20-32-24-26)33-21-8-7-10-25-18-22-34(23-19-25)31(36)30(27-12-3-1-4-13-27)28-14-5-2-6-15-28/h1-6,9,11-17,20,24-25,30H,7-8,10,18-19,21-23H2,(H,33,35)/b17-16+. The summed E-state index contributed by atoms with van der Waals surface area (Å²) < 4.78 is 0. The quantitative estimate of drug-likeness (QED) is 0.309. The zero-order valence-electron chi connectivity index (χ0n) is 20.8. The summed E-state index contributed by atoms with van der Waals surface area (Å²) >= 11 is 0. The Morgan fingerprint density at radius 3 is 2.19 bits per heavy atom. The van der Waals surface area contributed by atoms with E-state index >= 15 is 0 Å². The topological polar surface area (TPSA) is 62.3 Å². The van der Waals surface area contributed by atoms with Crippen LogP contribution in [0.5, 0.6) is 0 Å². The van der Waals surface area contributed by atoms with Crippen molar-refractivity contribution in [3.63, 3.8) is 0 Å². The number of carbonyl (C=O) groups is 2. The first-order chi connectivity index (χ1) is 17.7. The molecule has 0 radical (unpaired) electrons. The number of rotatable bonds is 10. The van der Waals surface area contributed by atoms with E-state index in [4.69, 9.17) is 0 Å². The van der Waals surface area contributed by atoms with Gasteiger partial charge in [0, 0.05) is 38.1 Å². The first kappa shape index (κ1) is 25.4. The molecule has 1 aliphatic heterocycles. The van der Waals surface area contributed by atoms with Gasteiger partial charge < -0.3 is 10.2 Å². The number of nitrogens with zero attached hydrogens (tertiary/aromatic N) is 2. The smallest absolute Gasteiger partial charge is 0.243 e. The molecule has 1 aliphatic rings. The number of amides is 2. The third-order valence-corrected chi connectivity index (χ3v) is 6.89. The molecule has 3 aromatic rings. The van der Waals surface area contributed by atoms with Gasteiger partial charge in [0.25, 0.3) is 0 Å². The normalized spacial score (nSPS) is 14.3. The predicted molar refractivity (Wildman–Crippen MR) is 144 cm³/mol. The molecule has 5 heteroatoms. The van der Waals surface area contributed by atoms with Gasteiger partial charge in [-0.3, -0.25) is 14.6 Å². The molecule has 0 aliphatic carbocycles. The first-order valence-electron chi connectivity index (χ1n) is 13.0. The summed E-state index contributed by atoms with van der Waals surface area (Å²) in [6, 6.07) is 24.0. The fourth-order valence-electron chi connectivity index (χ4n) is 4.87. The predicted octanol–water partition coefficient (Wildman–Crippen LogP) is 5.45. The lowest BCUT2D eigenvalue weighted by Crippen LogP contribution is -2.41. The van der Waals surface area contributed by atoms with Crippen molar-refractivity contribution in [2.75, 3.05) is 19.6 Å². The van der Waals surface area contributed by atoms with Gasteiger partial charge >= 0.3 is 0 Å². The molecular weight excluding hydrogens is 446 g/mol. The van der Waals surface area contributed by atoms with E-state index in [0.717, 1.165) is 61.9 Å². The molecule has 186 valence electrons. The van der Waals surface area contributed by atoms with Crippen molar-refractivity contribution in [3.8, 4) is 0 Å². The van der Waals surface area contributed by atoms with Crippen LogP contribution in [0.4, 0.5) is 0 Å². The maximum Gasteiger partial charge on any atom is 0.243 e. The van der Waals surface area contributed by atoms with Crippen molar-refractivity contribution in [2.24, 2.45) is 5.92 Å². The molecule has 0 unspecified atom stereocenters. The lowest BCUT2D eigenvalue weighted by molar-refractivity contribution is -0.133. The van der Waals surface area contributed by atoms with Crippen molar-refractivity contribution in [1.82, 2.24) is 15.2 Å². The number of unbranched alkanes of at least 4 members (excludes halogenated alkanes) is 1. The highest BCUT2D eigenvalue weighted by atomic mass is 16.2. The second kappa shape index (κ2) is 13.4. The molecule has 1 fully saturated rings. The molecule has 1 saturated heterocycles. The molecule has 2 heterocycles. The van der Waals surface area contributed by atoms with Crippen molar-refractivity contribution < 1.29 is 9.59 Å². The van der Waals surface area contributed by atoms with Crippen molar-refractivity contribution >= 4 is 17.9 Å². The van der Waals surface area contributed by atoms with Gasteiger partial charge in [-0.05, 0) is 54.0 Å². The Labute approximate surface area is 214 Å². The fraction of sp³-hybridized carbons (Fsp3) is 0.323. The lowest BCUT2D eigenvalue weighted by Gasteiger charge is -2.34. The van der Waals surface area contributed by atoms with Gasteiger partial charge in [0.2, 0.25) is 11.8 Å². The molecule has 4 rings (SSSR count). The molecule has 1 N–H and O–H groups in total. The Morgan fingerprint density at radius 1 is 0.917 bits per heavy atom. The van der Waals surface area contributed by atoms with Crippen molar-refractivity contribution in [3.05, 3.63) is 108 Å². The zero-order valence-corrected chi connectivity index (χ0v) is 20.8. The van der Waals surface area contributed by atoms with E-state index in [-0.39, 0.29) is 17.7 Å². The minimum atomic E-state index is -0.250. The van der Waals surface area contributed by atoms with Crippen molar-refractivity contribution in [2.45, 2.75) is 38.0 Å². The number of likely N-dealkylation sites (tertiary alicyclic amines) is 1. The van der Waals surface area contributed by atoms with Crippen molar-refractivity contribution in [1.29, 1.82) is 0 Å². The number of carbonyl (C=O) groups excluding carboxylic acids is 2. The Hall–Kier alpha value is -3.73. The van der Waals surface area contributed by atoms with Crippen LogP contribution in [0.2, 0.25) is 0 Å². The summed E-state index contributed by atoms with van der Waals surface area (Å²) in [5.41, 5.74) is 3.01. The van der Waals surface area contributed by atoms with Crippen LogP contribution in [0.15, 0.2) is 91.3 Å². The second-order valence-electron chi connectivity index (χ2n) is 9.43. The Balaban J connectivity index is 1.19. The van der Waals surface area contributed by atoms with Crippen LogP contribution < -0.4 is 5.32 Å². The second-order valence-corrected chi connectivity index (χ2v) is 9.43. The average Bonchev–Trinajstić information content (AvgIpc) is 2.94. The molecule has 1 aromatic heterocycles. The minimum absolute atomic E-state index is 0.0722. The summed E-state index contributed by atoms with van der Waals surface area (Å²) in [6.45, 7) is 2.31. The number of aromatic nitrogens is 1. The van der Waals surface area contributed by atoms with Gasteiger partial charge in [0.1, 0.15) is 0 Å². The molecule has 36 heavy (non-hydrogen) atoms. The summed E-state index contributed by atoms with van der Waals surface area (Å²) in [5, 5.41) is 2.96. The van der Waals surface area contributed by atoms with Gasteiger partial charge in [-0.2, -0.15) is 0 Å². The van der Waals surface area contributed by atoms with E-state index in [1.165, 1.54) is 0 Å². The molecule has 0 atom stereocenters. The molecule has 0 saturated carbocycles. The van der Waals surface area contributed by atoms with E-state index in [9.17, 15) is 9.59 Å². The third-order valence-electron chi connectivity index (χ3n) is 6.89. The Bertz CT molecular complexity index is 1070. The summed E-state index contributed by atoms with van der Waals surface area (Å²) in [5.74, 6) is 0.520. The number of hydrogen-bond donors (Lipinski definition) is 1. The first-order valence-corrected chi connectivity index (χ1v) is 13.0. The minimum Gasteiger partial charge on any atom is -0.353 e. The molecule has 2 aromatic carbocycles. The summed E-state index contributed by atoms with van der Waals surface area (Å²) in [6.07, 6.45) is 12.1. The highest BCUT2D eigenvalue weighted by Gasteiger charge is 2.30. The Kier molecular flexibility index (Phi) is 9.43. The molecule has 0 spiro atoms. The highest BCUT2D eigenvalue weighted by Crippen LogP contribution is 2.30. The van der Waals surface area contributed by atoms with Crippen LogP contribution in [-0.4, -0.2) is 41.3 Å². The van der Waals surface area contributed by atoms with Gasteiger partial charge in [-0.15, -0.1) is 0 Å². The van der Waals surface area contributed by atoms with Crippen LogP contribution >= 0.6 is 0 Å². The van der Waals surface area contributed by atoms with Crippen LogP contribution in [0.25, 0.3) is 6.08 Å². The number of benzene rings is 2. The summed E-state index contributed by atoms with van der Waals surface area (Å²) in [7, 11) is 0. The third kappa shape index (κ3) is 7.38. The van der Waals surface area contributed by atoms with E-state index in [1.54, 1.807) is 24.5 Å². The number of nitrogens with one attached hydrogen (secondary N) is 1. The van der Waals surface area contributed by atoms with Crippen LogP contribution in [-0.2, 0) is 9.59 Å². The molecule has 0 bridgehead atoms. The number of piperidine rings is 1. The van der Waals surface area contributed by atoms with Crippen LogP contribution in [0.3, 0.4) is 0 Å². The van der Waals surface area contributed by atoms with Gasteiger partial charge in [-0.1, -0.05) is 79.6 Å². The monoisotopic (exact) mass is 481 g/mol. The molecular formula is C31H35N3O2. The van der Waals surface area contributed by atoms with Crippen LogP contribution in [0, 0.1) is 5.92 Å². The molecule has 5 nitrogen and oxygen atoms in total. The van der Waals surface area contributed by atoms with E-state index < -0.39 is 0 Å². The van der Waals surface area contributed by atoms with E-state index in [0.29, 0.717) is 12.5 Å². The average molecular weight is 482 g/mol. The van der Waals surface area contributed by atoms with E-state index in [1.807, 2.05) is 48.5 Å². The van der Waals surface area contributed by atoms with Gasteiger partial charge in [0.05, 0.1) is 5.92 Å². The summed E-state index contributed by atoms with van der Waals surface area (Å²) in [4.78, 5) is 31.7. The largest absolute Gasteiger partial charge is 0.353 e. The van der Waals surface area contributed by atoms with Crippen LogP contribution in [0.1, 0.15) is 54.7 Å². The maximum atomic E-state index is 13.6. The Morgan fingerprint density at radius 2 is 1.58 bits per heavy atom. The number of hydrogen-bond acceptors (Lipinski definition) is 3. The fourth-order valence-corrected chi connectivity index (χ4v) is 4.87. The van der Waals surface area contributed by atoms with Gasteiger partial charge in [0.15, 0.2) is 0 Å². The molecule has 2 amide bonds. The number of pyridine rings is 1. The highest BCUT2D eigenvalue weighted by molar-refractivity contribution is 5.91. The lowest BCUT2D eigenvalue weighted by atomic mass is 9.87. The maximum absolute atomic E-state index is 13.6.